The van der Waals surface area contributed by atoms with Crippen LogP contribution in [0.4, 0.5) is 25.8 Å². The van der Waals surface area contributed by atoms with Gasteiger partial charge in [-0.25, -0.2) is 23.7 Å². The van der Waals surface area contributed by atoms with Crippen LogP contribution in [0.15, 0.2) is 113 Å². The van der Waals surface area contributed by atoms with Crippen molar-refractivity contribution in [2.24, 2.45) is 0 Å². The second-order valence-corrected chi connectivity index (χ2v) is 12.3. The number of aromatic nitrogens is 6. The maximum absolute atomic E-state index is 13.0. The van der Waals surface area contributed by atoms with Crippen molar-refractivity contribution in [3.8, 4) is 0 Å². The summed E-state index contributed by atoms with van der Waals surface area (Å²) in [4.78, 5) is 27.3. The van der Waals surface area contributed by atoms with E-state index in [9.17, 15) is 8.78 Å². The van der Waals surface area contributed by atoms with Crippen LogP contribution >= 0.6 is 31.9 Å². The molecule has 0 saturated heterocycles. The SMILES string of the molecule is CCN(Cc1cnc[nH]1)c1cccc(Br)c1.CN(Cc1cnc[nH]1)c1ccc(F)c(F)c1.CN(Cc1cnc[nH]1)c1cccc(Br)c1. The van der Waals surface area contributed by atoms with Crippen LogP contribution in [0.5, 0.6) is 0 Å². The molecule has 3 aromatic heterocycles. The lowest BCUT2D eigenvalue weighted by molar-refractivity contribution is 0.508. The Kier molecular flexibility index (Phi) is 13.5. The van der Waals surface area contributed by atoms with Crippen molar-refractivity contribution in [1.82, 2.24) is 29.9 Å². The van der Waals surface area contributed by atoms with Gasteiger partial charge in [0.2, 0.25) is 0 Å². The molecule has 3 aromatic carbocycles. The third kappa shape index (κ3) is 11.4. The Morgan fingerprint density at radius 3 is 1.51 bits per heavy atom. The number of hydrogen-bond donors (Lipinski definition) is 3. The highest BCUT2D eigenvalue weighted by molar-refractivity contribution is 9.10. The fourth-order valence-electron chi connectivity index (χ4n) is 4.51. The lowest BCUT2D eigenvalue weighted by atomic mass is 10.2. The van der Waals surface area contributed by atoms with Gasteiger partial charge in [0.1, 0.15) is 0 Å². The van der Waals surface area contributed by atoms with E-state index >= 15 is 0 Å². The van der Waals surface area contributed by atoms with E-state index in [1.165, 1.54) is 23.5 Å². The van der Waals surface area contributed by atoms with Gasteiger partial charge in [-0.05, 0) is 55.5 Å². The number of halogens is 4. The highest BCUT2D eigenvalue weighted by atomic mass is 79.9. The zero-order chi connectivity index (χ0) is 33.6. The number of nitrogens with one attached hydrogen (secondary N) is 3. The number of benzene rings is 3. The van der Waals surface area contributed by atoms with Gasteiger partial charge in [0.05, 0.1) is 55.7 Å². The van der Waals surface area contributed by atoms with E-state index in [0.717, 1.165) is 51.7 Å². The van der Waals surface area contributed by atoms with E-state index in [0.29, 0.717) is 12.2 Å². The second kappa shape index (κ2) is 18.0. The summed E-state index contributed by atoms with van der Waals surface area (Å²) in [6, 6.07) is 20.4. The smallest absolute Gasteiger partial charge is 0.160 e. The van der Waals surface area contributed by atoms with Crippen molar-refractivity contribution in [3.05, 3.63) is 142 Å². The largest absolute Gasteiger partial charge is 0.369 e. The van der Waals surface area contributed by atoms with Gasteiger partial charge >= 0.3 is 0 Å². The van der Waals surface area contributed by atoms with Crippen LogP contribution in [-0.4, -0.2) is 50.5 Å². The summed E-state index contributed by atoms with van der Waals surface area (Å²) < 4.78 is 27.9. The van der Waals surface area contributed by atoms with Crippen LogP contribution in [0.2, 0.25) is 0 Å². The Bertz CT molecular complexity index is 1750. The number of H-pyrrole nitrogens is 3. The van der Waals surface area contributed by atoms with Crippen molar-refractivity contribution in [2.45, 2.75) is 26.6 Å². The molecule has 0 atom stereocenters. The molecule has 0 unspecified atom stereocenters. The van der Waals surface area contributed by atoms with E-state index in [1.54, 1.807) is 37.1 Å². The molecule has 9 nitrogen and oxygen atoms in total. The predicted molar refractivity (Wildman–Crippen MR) is 191 cm³/mol. The highest BCUT2D eigenvalue weighted by Crippen LogP contribution is 2.22. The molecule has 0 aliphatic carbocycles. The molecule has 246 valence electrons. The Labute approximate surface area is 290 Å². The number of anilines is 3. The molecule has 6 aromatic rings. The monoisotopic (exact) mass is 767 g/mol. The van der Waals surface area contributed by atoms with Crippen LogP contribution in [0, 0.1) is 11.6 Å². The topological polar surface area (TPSA) is 95.8 Å². The van der Waals surface area contributed by atoms with Crippen molar-refractivity contribution in [1.29, 1.82) is 0 Å². The van der Waals surface area contributed by atoms with Crippen LogP contribution in [0.1, 0.15) is 24.0 Å². The fraction of sp³-hybridized carbons (Fsp3) is 0.206. The molecule has 0 amide bonds. The van der Waals surface area contributed by atoms with Crippen molar-refractivity contribution in [2.75, 3.05) is 35.3 Å². The van der Waals surface area contributed by atoms with Gasteiger partial charge < -0.3 is 29.7 Å². The van der Waals surface area contributed by atoms with E-state index in [4.69, 9.17) is 0 Å². The van der Waals surface area contributed by atoms with Gasteiger partial charge in [-0.1, -0.05) is 44.0 Å². The summed E-state index contributed by atoms with van der Waals surface area (Å²) in [5, 5.41) is 0. The average Bonchev–Trinajstić information content (AvgIpc) is 3.87. The van der Waals surface area contributed by atoms with E-state index in [2.05, 4.69) is 116 Å². The van der Waals surface area contributed by atoms with Crippen molar-refractivity contribution >= 4 is 48.9 Å². The minimum Gasteiger partial charge on any atom is -0.369 e. The first-order valence-electron chi connectivity index (χ1n) is 14.8. The molecule has 3 N–H and O–H groups in total. The first kappa shape index (κ1) is 35.4. The normalized spacial score (nSPS) is 10.4. The van der Waals surface area contributed by atoms with Gasteiger partial charge in [-0.2, -0.15) is 0 Å². The summed E-state index contributed by atoms with van der Waals surface area (Å²) >= 11 is 6.95. The van der Waals surface area contributed by atoms with Crippen LogP contribution < -0.4 is 14.7 Å². The minimum atomic E-state index is -0.839. The molecule has 0 fully saturated rings. The van der Waals surface area contributed by atoms with Gasteiger partial charge in [0.15, 0.2) is 11.6 Å². The molecule has 47 heavy (non-hydrogen) atoms. The van der Waals surface area contributed by atoms with E-state index in [-0.39, 0.29) is 0 Å². The predicted octanol–water partition coefficient (Wildman–Crippen LogP) is 8.33. The first-order valence-corrected chi connectivity index (χ1v) is 16.4. The maximum atomic E-state index is 13.0. The second-order valence-electron chi connectivity index (χ2n) is 10.5. The molecular weight excluding hydrogens is 732 g/mol. The number of rotatable bonds is 10. The standard InChI is InChI=1S/C12H14BrN3.C11H12BrN3.C11H11F2N3/c1-2-16(8-11-7-14-9-15-11)12-5-3-4-10(13)6-12;1-15(7-10-6-13-8-14-10)11-4-2-3-9(12)5-11;1-16(6-8-5-14-7-15-8)9-2-3-10(12)11(13)4-9/h3-7,9H,2,8H2,1H3,(H,14,15);2-6,8H,7H2,1H3,(H,13,14);2-5,7H,6H2,1H3,(H,14,15). The molecule has 3 heterocycles. The van der Waals surface area contributed by atoms with Gasteiger partial charge in [-0.15, -0.1) is 0 Å². The highest BCUT2D eigenvalue weighted by Gasteiger charge is 2.08. The summed E-state index contributed by atoms with van der Waals surface area (Å²) in [5.74, 6) is -1.67. The molecule has 0 radical (unpaired) electrons. The summed E-state index contributed by atoms with van der Waals surface area (Å²) in [6.45, 7) is 5.36. The molecule has 0 saturated carbocycles. The summed E-state index contributed by atoms with van der Waals surface area (Å²) in [6.07, 6.45) is 10.4. The minimum absolute atomic E-state index is 0.561. The Morgan fingerprint density at radius 1 is 0.596 bits per heavy atom. The Balaban J connectivity index is 0.000000160. The molecule has 0 aliphatic heterocycles. The van der Waals surface area contributed by atoms with E-state index < -0.39 is 11.6 Å². The summed E-state index contributed by atoms with van der Waals surface area (Å²) in [7, 11) is 3.86. The molecule has 0 spiro atoms. The van der Waals surface area contributed by atoms with Crippen LogP contribution in [0.25, 0.3) is 0 Å². The van der Waals surface area contributed by atoms with Gasteiger partial charge in [0.25, 0.3) is 0 Å². The van der Waals surface area contributed by atoms with Gasteiger partial charge in [0, 0.05) is 71.3 Å². The molecular formula is C34H37Br2F2N9. The molecule has 13 heteroatoms. The zero-order valence-corrected chi connectivity index (χ0v) is 29.5. The third-order valence-corrected chi connectivity index (χ3v) is 7.98. The lowest BCUT2D eigenvalue weighted by Gasteiger charge is -2.22. The van der Waals surface area contributed by atoms with Crippen LogP contribution in [-0.2, 0) is 19.6 Å². The van der Waals surface area contributed by atoms with Crippen LogP contribution in [0.3, 0.4) is 0 Å². The molecule has 0 aliphatic rings. The summed E-state index contributed by atoms with van der Waals surface area (Å²) in [5.41, 5.74) is 6.16. The Morgan fingerprint density at radius 2 is 1.06 bits per heavy atom. The quantitative estimate of drug-likeness (QED) is 0.130. The number of imidazole rings is 3. The number of hydrogen-bond acceptors (Lipinski definition) is 6. The molecule has 0 bridgehead atoms. The van der Waals surface area contributed by atoms with Crippen molar-refractivity contribution in [3.63, 3.8) is 0 Å². The number of nitrogens with zero attached hydrogens (tertiary/aromatic N) is 6. The molecule has 6 rings (SSSR count). The lowest BCUT2D eigenvalue weighted by Crippen LogP contribution is -2.22. The average molecular weight is 770 g/mol. The fourth-order valence-corrected chi connectivity index (χ4v) is 5.28. The zero-order valence-electron chi connectivity index (χ0n) is 26.3. The van der Waals surface area contributed by atoms with Gasteiger partial charge in [-0.3, -0.25) is 0 Å². The Hall–Kier alpha value is -4.49. The van der Waals surface area contributed by atoms with Crippen molar-refractivity contribution < 1.29 is 8.78 Å². The maximum Gasteiger partial charge on any atom is 0.160 e. The number of aromatic amines is 3. The third-order valence-electron chi connectivity index (χ3n) is 6.99. The van der Waals surface area contributed by atoms with E-state index in [1.807, 2.05) is 30.6 Å². The first-order chi connectivity index (χ1) is 22.7.